The highest BCUT2D eigenvalue weighted by Gasteiger charge is 2.44. The molecule has 1 fully saturated rings. The predicted octanol–water partition coefficient (Wildman–Crippen LogP) is 2.83. The van der Waals surface area contributed by atoms with Crippen LogP contribution in [0.1, 0.15) is 38.3 Å². The molecule has 2 amide bonds. The lowest BCUT2D eigenvalue weighted by atomic mass is 10.1. The lowest BCUT2D eigenvalue weighted by molar-refractivity contribution is -0.145. The highest BCUT2D eigenvalue weighted by Crippen LogP contribution is 2.28. The van der Waals surface area contributed by atoms with Crippen LogP contribution in [0.25, 0.3) is 0 Å². The molecule has 8 nitrogen and oxygen atoms in total. The van der Waals surface area contributed by atoms with Crippen molar-refractivity contribution in [3.05, 3.63) is 35.1 Å². The Morgan fingerprint density at radius 2 is 1.86 bits per heavy atom. The molecule has 0 N–H and O–H groups in total. The van der Waals surface area contributed by atoms with E-state index in [-0.39, 0.29) is 31.9 Å². The summed E-state index contributed by atoms with van der Waals surface area (Å²) in [6.45, 7) is 5.52. The largest absolute Gasteiger partial charge is 0.467 e. The van der Waals surface area contributed by atoms with Gasteiger partial charge in [-0.15, -0.1) is 0 Å². The van der Waals surface area contributed by atoms with Crippen molar-refractivity contribution in [2.45, 2.75) is 58.0 Å². The number of hydrogen-bond acceptors (Lipinski definition) is 6. The molecule has 1 aromatic rings. The fourth-order valence-electron chi connectivity index (χ4n) is 3.49. The van der Waals surface area contributed by atoms with Crippen molar-refractivity contribution in [3.63, 3.8) is 0 Å². The molecule has 1 aromatic carbocycles. The van der Waals surface area contributed by atoms with Gasteiger partial charge in [-0.05, 0) is 32.4 Å². The molecule has 9 heteroatoms. The third-order valence-corrected chi connectivity index (χ3v) is 4.82. The van der Waals surface area contributed by atoms with Gasteiger partial charge in [0.15, 0.2) is 0 Å². The Hall–Kier alpha value is -2.84. The molecule has 29 heavy (non-hydrogen) atoms. The first kappa shape index (κ1) is 20.9. The molecule has 2 aliphatic rings. The van der Waals surface area contributed by atoms with E-state index in [1.807, 2.05) is 0 Å². The van der Waals surface area contributed by atoms with Gasteiger partial charge in [0.2, 0.25) is 0 Å². The number of nitrogens with zero attached hydrogens (tertiary/aromatic N) is 2. The minimum absolute atomic E-state index is 0.00949. The zero-order chi connectivity index (χ0) is 21.3. The van der Waals surface area contributed by atoms with E-state index < -0.39 is 35.9 Å². The van der Waals surface area contributed by atoms with Crippen molar-refractivity contribution in [1.82, 2.24) is 9.80 Å². The molecular weight excluding hydrogens is 383 g/mol. The number of likely N-dealkylation sites (tertiary alicyclic amines) is 1. The van der Waals surface area contributed by atoms with Crippen LogP contribution in [0.5, 0.6) is 0 Å². The van der Waals surface area contributed by atoms with Crippen molar-refractivity contribution >= 4 is 18.2 Å². The zero-order valence-corrected chi connectivity index (χ0v) is 16.9. The maximum atomic E-state index is 13.9. The molecule has 158 valence electrons. The van der Waals surface area contributed by atoms with Crippen LogP contribution in [0, 0.1) is 5.82 Å². The first-order chi connectivity index (χ1) is 13.6. The van der Waals surface area contributed by atoms with Crippen LogP contribution in [0.15, 0.2) is 18.2 Å². The van der Waals surface area contributed by atoms with Gasteiger partial charge in [-0.3, -0.25) is 9.80 Å². The van der Waals surface area contributed by atoms with Crippen molar-refractivity contribution in [2.24, 2.45) is 0 Å². The van der Waals surface area contributed by atoms with Crippen molar-refractivity contribution in [2.75, 3.05) is 13.7 Å². The van der Waals surface area contributed by atoms with Gasteiger partial charge in [0.25, 0.3) is 0 Å². The second-order valence-electron chi connectivity index (χ2n) is 8.15. The lowest BCUT2D eigenvalue weighted by Gasteiger charge is -2.27. The molecule has 0 radical (unpaired) electrons. The first-order valence-corrected chi connectivity index (χ1v) is 9.38. The molecule has 0 saturated carbocycles. The summed E-state index contributed by atoms with van der Waals surface area (Å²) in [5.41, 5.74) is 0.465. The topological polar surface area (TPSA) is 85.4 Å². The van der Waals surface area contributed by atoms with E-state index in [2.05, 4.69) is 0 Å². The average molecular weight is 408 g/mol. The number of ether oxygens (including phenoxy) is 3. The van der Waals surface area contributed by atoms with Crippen LogP contribution in [0.4, 0.5) is 14.0 Å². The van der Waals surface area contributed by atoms with Gasteiger partial charge < -0.3 is 14.2 Å². The van der Waals surface area contributed by atoms with Crippen LogP contribution in [0.2, 0.25) is 0 Å². The number of esters is 1. The third kappa shape index (κ3) is 4.60. The Kier molecular flexibility index (Phi) is 5.68. The lowest BCUT2D eigenvalue weighted by Crippen LogP contribution is -2.44. The quantitative estimate of drug-likeness (QED) is 0.553. The molecule has 1 unspecified atom stereocenters. The third-order valence-electron chi connectivity index (χ3n) is 4.82. The molecule has 0 aliphatic carbocycles. The Balaban J connectivity index is 1.65. The molecule has 1 saturated heterocycles. The normalized spacial score (nSPS) is 21.0. The van der Waals surface area contributed by atoms with Gasteiger partial charge in [-0.25, -0.2) is 18.8 Å². The summed E-state index contributed by atoms with van der Waals surface area (Å²) >= 11 is 0. The molecule has 0 bridgehead atoms. The minimum Gasteiger partial charge on any atom is -0.467 e. The van der Waals surface area contributed by atoms with E-state index in [9.17, 15) is 18.8 Å². The number of halogens is 1. The van der Waals surface area contributed by atoms with Gasteiger partial charge in [0.1, 0.15) is 23.6 Å². The highest BCUT2D eigenvalue weighted by molar-refractivity contribution is 5.82. The van der Waals surface area contributed by atoms with Gasteiger partial charge in [0.05, 0.1) is 20.2 Å². The summed E-state index contributed by atoms with van der Waals surface area (Å²) in [4.78, 5) is 39.7. The van der Waals surface area contributed by atoms with Gasteiger partial charge in [0, 0.05) is 18.5 Å². The molecule has 2 heterocycles. The standard InChI is InChI=1S/C20H25FN2O6/c1-20(2,3)29-19(26)23-10-13(8-16(23)17(24)27-4)28-18(25)22-9-12-6-5-7-15(21)14(12)11-22/h5-7,13,16H,8-11H2,1-4H3/t13-,16?/m1/s1. The summed E-state index contributed by atoms with van der Waals surface area (Å²) in [6.07, 6.45) is -1.90. The Labute approximate surface area is 168 Å². The maximum Gasteiger partial charge on any atom is 0.411 e. The molecular formula is C20H25FN2O6. The van der Waals surface area contributed by atoms with Crippen molar-refractivity contribution in [3.8, 4) is 0 Å². The van der Waals surface area contributed by atoms with Crippen LogP contribution < -0.4 is 0 Å². The molecule has 0 aromatic heterocycles. The predicted molar refractivity (Wildman–Crippen MR) is 99.3 cm³/mol. The van der Waals surface area contributed by atoms with Gasteiger partial charge in [-0.2, -0.15) is 0 Å². The van der Waals surface area contributed by atoms with Crippen LogP contribution in [0.3, 0.4) is 0 Å². The van der Waals surface area contributed by atoms with Crippen LogP contribution >= 0.6 is 0 Å². The smallest absolute Gasteiger partial charge is 0.411 e. The van der Waals surface area contributed by atoms with E-state index >= 15 is 0 Å². The zero-order valence-electron chi connectivity index (χ0n) is 16.9. The highest BCUT2D eigenvalue weighted by atomic mass is 19.1. The summed E-state index contributed by atoms with van der Waals surface area (Å²) in [6, 6.07) is 3.81. The number of benzene rings is 1. The number of carbonyl (C=O) groups is 3. The molecule has 2 aliphatic heterocycles. The SMILES string of the molecule is COC(=O)C1C[C@@H](OC(=O)N2Cc3cccc(F)c3C2)CN1C(=O)OC(C)(C)C. The second kappa shape index (κ2) is 7.88. The fourth-order valence-corrected chi connectivity index (χ4v) is 3.49. The number of hydrogen-bond donors (Lipinski definition) is 0. The Morgan fingerprint density at radius 3 is 2.48 bits per heavy atom. The Bertz CT molecular complexity index is 822. The van der Waals surface area contributed by atoms with Crippen molar-refractivity contribution in [1.29, 1.82) is 0 Å². The van der Waals surface area contributed by atoms with E-state index in [1.165, 1.54) is 23.0 Å². The molecule has 3 rings (SSSR count). The summed E-state index contributed by atoms with van der Waals surface area (Å²) in [5, 5.41) is 0. The average Bonchev–Trinajstić information content (AvgIpc) is 3.25. The molecule has 0 spiro atoms. The second-order valence-corrected chi connectivity index (χ2v) is 8.15. The van der Waals surface area contributed by atoms with Crippen LogP contribution in [-0.4, -0.2) is 59.4 Å². The van der Waals surface area contributed by atoms with Gasteiger partial charge >= 0.3 is 18.2 Å². The number of amides is 2. The van der Waals surface area contributed by atoms with E-state index in [4.69, 9.17) is 14.2 Å². The van der Waals surface area contributed by atoms with Crippen LogP contribution in [-0.2, 0) is 32.1 Å². The van der Waals surface area contributed by atoms with E-state index in [0.717, 1.165) is 5.56 Å². The first-order valence-electron chi connectivity index (χ1n) is 9.38. The van der Waals surface area contributed by atoms with Crippen molar-refractivity contribution < 1.29 is 33.0 Å². The summed E-state index contributed by atoms with van der Waals surface area (Å²) in [7, 11) is 1.23. The van der Waals surface area contributed by atoms with E-state index in [1.54, 1.807) is 32.9 Å². The number of rotatable bonds is 2. The number of carbonyl (C=O) groups excluding carboxylic acids is 3. The van der Waals surface area contributed by atoms with E-state index in [0.29, 0.717) is 5.56 Å². The minimum atomic E-state index is -0.902. The fraction of sp³-hybridized carbons (Fsp3) is 0.550. The number of methoxy groups -OCH3 is 1. The summed E-state index contributed by atoms with van der Waals surface area (Å²) in [5.74, 6) is -0.967. The number of fused-ring (bicyclic) bond motifs is 1. The maximum absolute atomic E-state index is 13.9. The van der Waals surface area contributed by atoms with Gasteiger partial charge in [-0.1, -0.05) is 12.1 Å². The Morgan fingerprint density at radius 1 is 1.14 bits per heavy atom. The monoisotopic (exact) mass is 408 g/mol. The summed E-state index contributed by atoms with van der Waals surface area (Å²) < 4.78 is 29.5. The molecule has 2 atom stereocenters.